The first kappa shape index (κ1) is 13.6. The Bertz CT molecular complexity index is 496. The topological polar surface area (TPSA) is 28.2 Å². The van der Waals surface area contributed by atoms with Crippen LogP contribution in [-0.2, 0) is 13.1 Å². The summed E-state index contributed by atoms with van der Waals surface area (Å²) in [6, 6.07) is 16.7. The first-order valence-corrected chi connectivity index (χ1v) is 6.71. The second kappa shape index (κ2) is 6.90. The number of hydrogen-bond donors (Lipinski definition) is 1. The highest BCUT2D eigenvalue weighted by molar-refractivity contribution is 5.34. The fraction of sp³-hybridized carbons (Fsp3) is 0.312. The Labute approximate surface area is 115 Å². The highest BCUT2D eigenvalue weighted by Gasteiger charge is 2.06. The third-order valence-corrected chi connectivity index (χ3v) is 3.14. The Morgan fingerprint density at radius 3 is 2.47 bits per heavy atom. The molecule has 0 amide bonds. The lowest BCUT2D eigenvalue weighted by Crippen LogP contribution is -2.22. The summed E-state index contributed by atoms with van der Waals surface area (Å²) >= 11 is 0. The molecule has 3 heteroatoms. The Morgan fingerprint density at radius 1 is 1.00 bits per heavy atom. The van der Waals surface area contributed by atoms with Gasteiger partial charge in [0.2, 0.25) is 0 Å². The summed E-state index contributed by atoms with van der Waals surface area (Å²) in [6.07, 6.45) is 0. The monoisotopic (exact) mass is 255 g/mol. The minimum absolute atomic E-state index is 0.876. The Morgan fingerprint density at radius 2 is 1.79 bits per heavy atom. The molecule has 0 saturated heterocycles. The van der Waals surface area contributed by atoms with Crippen LogP contribution < -0.4 is 5.32 Å². The van der Waals surface area contributed by atoms with Crippen molar-refractivity contribution in [2.24, 2.45) is 0 Å². The van der Waals surface area contributed by atoms with Crippen LogP contribution in [0.25, 0.3) is 0 Å². The molecule has 0 aliphatic heterocycles. The lowest BCUT2D eigenvalue weighted by Gasteiger charge is -2.20. The van der Waals surface area contributed by atoms with Gasteiger partial charge < -0.3 is 5.32 Å². The molecule has 0 radical (unpaired) electrons. The van der Waals surface area contributed by atoms with Gasteiger partial charge in [-0.3, -0.25) is 4.90 Å². The Balaban J connectivity index is 2.02. The van der Waals surface area contributed by atoms with Gasteiger partial charge >= 0.3 is 0 Å². The van der Waals surface area contributed by atoms with Crippen LogP contribution in [0.3, 0.4) is 0 Å². The summed E-state index contributed by atoms with van der Waals surface area (Å²) in [5.41, 5.74) is 2.44. The van der Waals surface area contributed by atoms with E-state index in [2.05, 4.69) is 58.5 Å². The second-order valence-corrected chi connectivity index (χ2v) is 4.55. The van der Waals surface area contributed by atoms with Crippen molar-refractivity contribution >= 4 is 5.82 Å². The molecule has 100 valence electrons. The lowest BCUT2D eigenvalue weighted by atomic mass is 10.2. The van der Waals surface area contributed by atoms with Gasteiger partial charge in [0.1, 0.15) is 5.82 Å². The normalized spacial score (nSPS) is 10.7. The third kappa shape index (κ3) is 4.07. The molecular formula is C16H21N3. The van der Waals surface area contributed by atoms with Crippen molar-refractivity contribution in [3.05, 3.63) is 59.8 Å². The summed E-state index contributed by atoms with van der Waals surface area (Å²) in [7, 11) is 1.90. The zero-order valence-electron chi connectivity index (χ0n) is 11.6. The van der Waals surface area contributed by atoms with E-state index in [1.54, 1.807) is 0 Å². The zero-order chi connectivity index (χ0) is 13.5. The molecule has 19 heavy (non-hydrogen) atoms. The van der Waals surface area contributed by atoms with Crippen molar-refractivity contribution in [2.75, 3.05) is 18.9 Å². The van der Waals surface area contributed by atoms with E-state index in [4.69, 9.17) is 0 Å². The van der Waals surface area contributed by atoms with E-state index in [1.807, 2.05) is 19.2 Å². The Kier molecular flexibility index (Phi) is 4.93. The highest BCUT2D eigenvalue weighted by atomic mass is 15.1. The average molecular weight is 255 g/mol. The predicted octanol–water partition coefficient (Wildman–Crippen LogP) is 3.15. The lowest BCUT2D eigenvalue weighted by molar-refractivity contribution is 0.268. The summed E-state index contributed by atoms with van der Waals surface area (Å²) in [6.45, 7) is 5.04. The molecule has 3 nitrogen and oxygen atoms in total. The number of hydrogen-bond acceptors (Lipinski definition) is 3. The van der Waals surface area contributed by atoms with Gasteiger partial charge in [0.25, 0.3) is 0 Å². The van der Waals surface area contributed by atoms with Crippen LogP contribution in [0.2, 0.25) is 0 Å². The standard InChI is InChI=1S/C16H21N3/c1-3-19(12-14-8-5-4-6-9-14)13-15-10-7-11-16(17-2)18-15/h4-11H,3,12-13H2,1-2H3,(H,17,18). The van der Waals surface area contributed by atoms with E-state index in [9.17, 15) is 0 Å². The molecule has 0 aliphatic carbocycles. The number of nitrogens with one attached hydrogen (secondary N) is 1. The van der Waals surface area contributed by atoms with E-state index in [0.29, 0.717) is 0 Å². The van der Waals surface area contributed by atoms with Crippen LogP contribution in [0.1, 0.15) is 18.2 Å². The molecule has 0 atom stereocenters. The average Bonchev–Trinajstić information content (AvgIpc) is 2.48. The first-order valence-electron chi connectivity index (χ1n) is 6.71. The van der Waals surface area contributed by atoms with Gasteiger partial charge in [-0.1, -0.05) is 43.3 Å². The van der Waals surface area contributed by atoms with Gasteiger partial charge in [-0.15, -0.1) is 0 Å². The number of pyridine rings is 1. The molecule has 1 aromatic carbocycles. The predicted molar refractivity (Wildman–Crippen MR) is 80.0 cm³/mol. The maximum Gasteiger partial charge on any atom is 0.126 e. The van der Waals surface area contributed by atoms with Crippen LogP contribution in [0.5, 0.6) is 0 Å². The number of benzene rings is 1. The van der Waals surface area contributed by atoms with Crippen molar-refractivity contribution in [1.29, 1.82) is 0 Å². The number of aromatic nitrogens is 1. The van der Waals surface area contributed by atoms with Crippen LogP contribution in [0, 0.1) is 0 Å². The van der Waals surface area contributed by atoms with Crippen molar-refractivity contribution in [3.63, 3.8) is 0 Å². The van der Waals surface area contributed by atoms with Crippen molar-refractivity contribution in [2.45, 2.75) is 20.0 Å². The van der Waals surface area contributed by atoms with Gasteiger partial charge in [-0.25, -0.2) is 4.98 Å². The number of anilines is 1. The van der Waals surface area contributed by atoms with Gasteiger partial charge in [-0.2, -0.15) is 0 Å². The second-order valence-electron chi connectivity index (χ2n) is 4.55. The molecule has 0 spiro atoms. The van der Waals surface area contributed by atoms with Crippen molar-refractivity contribution in [1.82, 2.24) is 9.88 Å². The molecule has 1 heterocycles. The zero-order valence-corrected chi connectivity index (χ0v) is 11.6. The van der Waals surface area contributed by atoms with E-state index in [1.165, 1.54) is 5.56 Å². The molecular weight excluding hydrogens is 234 g/mol. The maximum atomic E-state index is 4.57. The Hall–Kier alpha value is -1.87. The van der Waals surface area contributed by atoms with E-state index in [0.717, 1.165) is 31.1 Å². The minimum Gasteiger partial charge on any atom is -0.373 e. The summed E-state index contributed by atoms with van der Waals surface area (Å²) in [5.74, 6) is 0.924. The van der Waals surface area contributed by atoms with Gasteiger partial charge in [-0.05, 0) is 24.2 Å². The van der Waals surface area contributed by atoms with Crippen molar-refractivity contribution < 1.29 is 0 Å². The van der Waals surface area contributed by atoms with E-state index >= 15 is 0 Å². The smallest absolute Gasteiger partial charge is 0.126 e. The van der Waals surface area contributed by atoms with E-state index in [-0.39, 0.29) is 0 Å². The number of rotatable bonds is 6. The van der Waals surface area contributed by atoms with E-state index < -0.39 is 0 Å². The molecule has 0 saturated carbocycles. The van der Waals surface area contributed by atoms with Crippen LogP contribution >= 0.6 is 0 Å². The molecule has 1 N–H and O–H groups in total. The minimum atomic E-state index is 0.876. The maximum absolute atomic E-state index is 4.57. The molecule has 1 aromatic heterocycles. The molecule has 0 bridgehead atoms. The highest BCUT2D eigenvalue weighted by Crippen LogP contribution is 2.10. The fourth-order valence-electron chi connectivity index (χ4n) is 2.06. The number of nitrogens with zero attached hydrogens (tertiary/aromatic N) is 2. The summed E-state index contributed by atoms with van der Waals surface area (Å²) in [4.78, 5) is 6.95. The molecule has 0 aliphatic rings. The molecule has 0 unspecified atom stereocenters. The molecule has 2 rings (SSSR count). The summed E-state index contributed by atoms with van der Waals surface area (Å²) in [5, 5.41) is 3.08. The largest absolute Gasteiger partial charge is 0.373 e. The van der Waals surface area contributed by atoms with Crippen LogP contribution in [-0.4, -0.2) is 23.5 Å². The SMILES string of the molecule is CCN(Cc1ccccc1)Cc1cccc(NC)n1. The third-order valence-electron chi connectivity index (χ3n) is 3.14. The first-order chi connectivity index (χ1) is 9.31. The van der Waals surface area contributed by atoms with Gasteiger partial charge in [0.05, 0.1) is 5.69 Å². The summed E-state index contributed by atoms with van der Waals surface area (Å²) < 4.78 is 0. The van der Waals surface area contributed by atoms with Crippen LogP contribution in [0.15, 0.2) is 48.5 Å². The van der Waals surface area contributed by atoms with Crippen LogP contribution in [0.4, 0.5) is 5.82 Å². The van der Waals surface area contributed by atoms with Gasteiger partial charge in [0.15, 0.2) is 0 Å². The fourth-order valence-corrected chi connectivity index (χ4v) is 2.06. The van der Waals surface area contributed by atoms with Crippen molar-refractivity contribution in [3.8, 4) is 0 Å². The molecule has 0 fully saturated rings. The van der Waals surface area contributed by atoms with Gasteiger partial charge in [0, 0.05) is 20.1 Å². The molecule has 2 aromatic rings. The quantitative estimate of drug-likeness (QED) is 0.859.